The Kier molecular flexibility index (Phi) is 2.54. The van der Waals surface area contributed by atoms with Crippen LogP contribution in [0.25, 0.3) is 10.1 Å². The maximum Gasteiger partial charge on any atom is 0.0839 e. The Hall–Kier alpha value is -0.970. The van der Waals surface area contributed by atoms with Crippen LogP contribution in [-0.4, -0.2) is 5.88 Å². The van der Waals surface area contributed by atoms with Gasteiger partial charge in [0, 0.05) is 4.70 Å². The molecule has 13 heavy (non-hydrogen) atoms. The Morgan fingerprint density at radius 1 is 1.31 bits per heavy atom. The maximum absolute atomic E-state index is 5.48. The van der Waals surface area contributed by atoms with E-state index in [0.29, 0.717) is 5.88 Å². The normalized spacial score (nSPS) is 9.62. The minimum Gasteiger partial charge on any atom is -0.127 e. The summed E-state index contributed by atoms with van der Waals surface area (Å²) < 4.78 is 1.28. The van der Waals surface area contributed by atoms with Gasteiger partial charge in [0.05, 0.1) is 10.8 Å². The number of alkyl halides is 1. The molecule has 2 rings (SSSR count). The molecule has 0 fully saturated rings. The van der Waals surface area contributed by atoms with Gasteiger partial charge in [-0.3, -0.25) is 0 Å². The number of benzene rings is 1. The molecule has 2 heteroatoms. The van der Waals surface area contributed by atoms with Gasteiger partial charge in [-0.15, -0.1) is 22.9 Å². The van der Waals surface area contributed by atoms with E-state index in [1.165, 1.54) is 10.1 Å². The van der Waals surface area contributed by atoms with E-state index in [0.717, 1.165) is 4.88 Å². The molecule has 64 valence electrons. The lowest BCUT2D eigenvalue weighted by molar-refractivity contribution is 1.84. The Morgan fingerprint density at radius 2 is 2.15 bits per heavy atom. The first-order valence-corrected chi connectivity index (χ1v) is 5.28. The summed E-state index contributed by atoms with van der Waals surface area (Å²) in [6, 6.07) is 10.4. The van der Waals surface area contributed by atoms with Crippen LogP contribution >= 0.6 is 22.9 Å². The number of halogens is 1. The second-order valence-corrected chi connectivity index (χ2v) is 3.93. The van der Waals surface area contributed by atoms with Crippen molar-refractivity contribution in [2.75, 3.05) is 5.88 Å². The lowest BCUT2D eigenvalue weighted by atomic mass is 10.2. The third-order valence-electron chi connectivity index (χ3n) is 1.70. The van der Waals surface area contributed by atoms with Crippen LogP contribution in [0.5, 0.6) is 0 Å². The number of fused-ring (bicyclic) bond motifs is 1. The standard InChI is InChI=1S/C11H7ClS/c12-7-3-5-10-8-9-4-1-2-6-11(9)13-10/h1-2,4,6,8H,7H2. The molecular formula is C11H7ClS. The minimum atomic E-state index is 0.397. The average Bonchev–Trinajstić information content (AvgIpc) is 2.57. The first-order chi connectivity index (χ1) is 6.40. The highest BCUT2D eigenvalue weighted by atomic mass is 35.5. The molecule has 0 saturated carbocycles. The van der Waals surface area contributed by atoms with Gasteiger partial charge in [-0.25, -0.2) is 0 Å². The van der Waals surface area contributed by atoms with Crippen LogP contribution in [0.15, 0.2) is 30.3 Å². The predicted octanol–water partition coefficient (Wildman–Crippen LogP) is 3.49. The van der Waals surface area contributed by atoms with E-state index in [9.17, 15) is 0 Å². The molecule has 0 unspecified atom stereocenters. The molecule has 0 aliphatic carbocycles. The Balaban J connectivity index is 2.50. The van der Waals surface area contributed by atoms with Crippen molar-refractivity contribution in [2.24, 2.45) is 0 Å². The van der Waals surface area contributed by atoms with Crippen LogP contribution < -0.4 is 0 Å². The van der Waals surface area contributed by atoms with Gasteiger partial charge in [-0.1, -0.05) is 30.0 Å². The average molecular weight is 207 g/mol. The van der Waals surface area contributed by atoms with Gasteiger partial charge < -0.3 is 0 Å². The predicted molar refractivity (Wildman–Crippen MR) is 59.4 cm³/mol. The molecule has 0 radical (unpaired) electrons. The van der Waals surface area contributed by atoms with Gasteiger partial charge in [0.1, 0.15) is 0 Å². The summed E-state index contributed by atoms with van der Waals surface area (Å²) in [6.07, 6.45) is 0. The van der Waals surface area contributed by atoms with Crippen LogP contribution in [0, 0.1) is 11.8 Å². The van der Waals surface area contributed by atoms with Gasteiger partial charge in [0.15, 0.2) is 0 Å². The minimum absolute atomic E-state index is 0.397. The zero-order chi connectivity index (χ0) is 9.10. The number of thiophene rings is 1. The van der Waals surface area contributed by atoms with Gasteiger partial charge in [0.25, 0.3) is 0 Å². The van der Waals surface area contributed by atoms with E-state index >= 15 is 0 Å². The summed E-state index contributed by atoms with van der Waals surface area (Å²) in [7, 11) is 0. The third-order valence-corrected chi connectivity index (χ3v) is 2.87. The monoisotopic (exact) mass is 206 g/mol. The molecule has 0 spiro atoms. The van der Waals surface area contributed by atoms with Crippen molar-refractivity contribution < 1.29 is 0 Å². The molecule has 0 aliphatic rings. The van der Waals surface area contributed by atoms with Crippen LogP contribution in [0.4, 0.5) is 0 Å². The SMILES string of the molecule is ClCC#Cc1cc2ccccc2s1. The molecule has 1 heterocycles. The first kappa shape index (κ1) is 8.62. The quantitative estimate of drug-likeness (QED) is 0.457. The highest BCUT2D eigenvalue weighted by Crippen LogP contribution is 2.24. The van der Waals surface area contributed by atoms with Crippen LogP contribution in [0.3, 0.4) is 0 Å². The fourth-order valence-corrected chi connectivity index (χ4v) is 2.17. The highest BCUT2D eigenvalue weighted by molar-refractivity contribution is 7.19. The summed E-state index contributed by atoms with van der Waals surface area (Å²) >= 11 is 7.19. The van der Waals surface area contributed by atoms with Gasteiger partial charge in [-0.2, -0.15) is 0 Å². The smallest absolute Gasteiger partial charge is 0.0839 e. The topological polar surface area (TPSA) is 0 Å². The van der Waals surface area contributed by atoms with Gasteiger partial charge >= 0.3 is 0 Å². The van der Waals surface area contributed by atoms with Crippen molar-refractivity contribution in [3.05, 3.63) is 35.2 Å². The molecule has 0 bridgehead atoms. The van der Waals surface area contributed by atoms with Crippen LogP contribution in [0.2, 0.25) is 0 Å². The molecule has 0 atom stereocenters. The maximum atomic E-state index is 5.48. The van der Waals surface area contributed by atoms with Gasteiger partial charge in [0.2, 0.25) is 0 Å². The van der Waals surface area contributed by atoms with E-state index in [1.807, 2.05) is 12.1 Å². The summed E-state index contributed by atoms with van der Waals surface area (Å²) in [4.78, 5) is 1.09. The molecule has 0 saturated heterocycles. The lowest BCUT2D eigenvalue weighted by Crippen LogP contribution is -1.62. The zero-order valence-electron chi connectivity index (χ0n) is 6.88. The van der Waals surface area contributed by atoms with E-state index in [2.05, 4.69) is 30.0 Å². The van der Waals surface area contributed by atoms with Crippen molar-refractivity contribution in [3.63, 3.8) is 0 Å². The summed E-state index contributed by atoms with van der Waals surface area (Å²) in [5, 5.41) is 1.26. The Labute approximate surface area is 86.2 Å². The lowest BCUT2D eigenvalue weighted by Gasteiger charge is -1.82. The first-order valence-electron chi connectivity index (χ1n) is 3.93. The second kappa shape index (κ2) is 3.83. The van der Waals surface area contributed by atoms with Crippen molar-refractivity contribution in [1.29, 1.82) is 0 Å². The number of rotatable bonds is 0. The molecule has 1 aromatic carbocycles. The molecule has 1 aromatic heterocycles. The molecule has 0 N–H and O–H groups in total. The van der Waals surface area contributed by atoms with E-state index < -0.39 is 0 Å². The third kappa shape index (κ3) is 1.85. The molecular weight excluding hydrogens is 200 g/mol. The fourth-order valence-electron chi connectivity index (χ4n) is 1.16. The highest BCUT2D eigenvalue weighted by Gasteiger charge is 1.96. The largest absolute Gasteiger partial charge is 0.127 e. The second-order valence-electron chi connectivity index (χ2n) is 2.58. The Bertz CT molecular complexity index is 440. The Morgan fingerprint density at radius 3 is 2.92 bits per heavy atom. The van der Waals surface area contributed by atoms with Crippen LogP contribution in [-0.2, 0) is 0 Å². The van der Waals surface area contributed by atoms with Crippen LogP contribution in [0.1, 0.15) is 4.88 Å². The van der Waals surface area contributed by atoms with Crippen molar-refractivity contribution in [1.82, 2.24) is 0 Å². The fraction of sp³-hybridized carbons (Fsp3) is 0.0909. The molecule has 0 amide bonds. The molecule has 0 aliphatic heterocycles. The summed E-state index contributed by atoms with van der Waals surface area (Å²) in [6.45, 7) is 0. The summed E-state index contributed by atoms with van der Waals surface area (Å²) in [5.74, 6) is 6.27. The van der Waals surface area contributed by atoms with Crippen molar-refractivity contribution in [2.45, 2.75) is 0 Å². The zero-order valence-corrected chi connectivity index (χ0v) is 8.45. The molecule has 2 aromatic rings. The van der Waals surface area contributed by atoms with Gasteiger partial charge in [-0.05, 0) is 17.5 Å². The van der Waals surface area contributed by atoms with E-state index in [4.69, 9.17) is 11.6 Å². The number of hydrogen-bond acceptors (Lipinski definition) is 1. The van der Waals surface area contributed by atoms with Crippen molar-refractivity contribution in [3.8, 4) is 11.8 Å². The molecule has 0 nitrogen and oxygen atoms in total. The number of hydrogen-bond donors (Lipinski definition) is 0. The van der Waals surface area contributed by atoms with Crippen molar-refractivity contribution >= 4 is 33.0 Å². The van der Waals surface area contributed by atoms with E-state index in [1.54, 1.807) is 11.3 Å². The summed E-state index contributed by atoms with van der Waals surface area (Å²) in [5.41, 5.74) is 0. The van der Waals surface area contributed by atoms with E-state index in [-0.39, 0.29) is 0 Å².